The van der Waals surface area contributed by atoms with Gasteiger partial charge in [0, 0.05) is 30.4 Å². The molecule has 2 amide bonds. The van der Waals surface area contributed by atoms with Gasteiger partial charge in [0.25, 0.3) is 5.91 Å². The van der Waals surface area contributed by atoms with Gasteiger partial charge in [-0.15, -0.1) is 11.3 Å². The first-order chi connectivity index (χ1) is 11.1. The van der Waals surface area contributed by atoms with Crippen LogP contribution in [-0.2, 0) is 17.6 Å². The molecule has 0 aromatic carbocycles. The van der Waals surface area contributed by atoms with Crippen molar-refractivity contribution in [1.29, 1.82) is 0 Å². The molecule has 5 heteroatoms. The number of aryl methyl sites for hydroxylation is 1. The van der Waals surface area contributed by atoms with E-state index in [-0.39, 0.29) is 17.7 Å². The molecule has 0 radical (unpaired) electrons. The first-order valence-electron chi connectivity index (χ1n) is 8.77. The Labute approximate surface area is 142 Å². The van der Waals surface area contributed by atoms with Crippen LogP contribution in [0.2, 0.25) is 0 Å². The molecule has 0 saturated carbocycles. The van der Waals surface area contributed by atoms with Gasteiger partial charge >= 0.3 is 0 Å². The van der Waals surface area contributed by atoms with Crippen LogP contribution in [0.3, 0.4) is 0 Å². The molecule has 1 aromatic heterocycles. The van der Waals surface area contributed by atoms with E-state index in [1.165, 1.54) is 10.4 Å². The van der Waals surface area contributed by atoms with Crippen LogP contribution in [0.4, 0.5) is 0 Å². The number of amides is 2. The van der Waals surface area contributed by atoms with Crippen LogP contribution in [0.15, 0.2) is 6.07 Å². The number of carbonyl (C=O) groups excluding carboxylic acids is 2. The fraction of sp³-hybridized carbons (Fsp3) is 0.667. The summed E-state index contributed by atoms with van der Waals surface area (Å²) in [4.78, 5) is 28.9. The van der Waals surface area contributed by atoms with E-state index < -0.39 is 0 Å². The van der Waals surface area contributed by atoms with Gasteiger partial charge in [-0.1, -0.05) is 6.92 Å². The fourth-order valence-corrected chi connectivity index (χ4v) is 4.72. The fourth-order valence-electron chi connectivity index (χ4n) is 3.54. The lowest BCUT2D eigenvalue weighted by Crippen LogP contribution is -2.37. The van der Waals surface area contributed by atoms with Crippen molar-refractivity contribution in [3.05, 3.63) is 21.4 Å². The van der Waals surface area contributed by atoms with Crippen molar-refractivity contribution in [1.82, 2.24) is 10.2 Å². The van der Waals surface area contributed by atoms with E-state index in [4.69, 9.17) is 0 Å². The number of hydrogen-bond acceptors (Lipinski definition) is 3. The van der Waals surface area contributed by atoms with E-state index in [0.717, 1.165) is 56.0 Å². The number of rotatable bonds is 3. The van der Waals surface area contributed by atoms with Crippen molar-refractivity contribution in [3.8, 4) is 0 Å². The van der Waals surface area contributed by atoms with Crippen molar-refractivity contribution in [3.63, 3.8) is 0 Å². The second-order valence-corrected chi connectivity index (χ2v) is 8.00. The number of fused-ring (bicyclic) bond motifs is 1. The van der Waals surface area contributed by atoms with Crippen LogP contribution in [0, 0.1) is 11.8 Å². The molecule has 1 aliphatic heterocycles. The lowest BCUT2D eigenvalue weighted by Gasteiger charge is -2.29. The van der Waals surface area contributed by atoms with Crippen LogP contribution >= 0.6 is 11.3 Å². The maximum atomic E-state index is 12.7. The van der Waals surface area contributed by atoms with Crippen molar-refractivity contribution >= 4 is 23.2 Å². The number of piperidine rings is 1. The van der Waals surface area contributed by atoms with Crippen molar-refractivity contribution in [2.75, 3.05) is 19.6 Å². The average Bonchev–Trinajstić information content (AvgIpc) is 2.98. The third-order valence-corrected chi connectivity index (χ3v) is 6.31. The highest BCUT2D eigenvalue weighted by Gasteiger charge is 2.29. The zero-order chi connectivity index (χ0) is 16.4. The van der Waals surface area contributed by atoms with Crippen LogP contribution in [0.25, 0.3) is 0 Å². The maximum Gasteiger partial charge on any atom is 0.263 e. The topological polar surface area (TPSA) is 49.4 Å². The number of carbonyl (C=O) groups is 2. The number of nitrogens with one attached hydrogen (secondary N) is 1. The highest BCUT2D eigenvalue weighted by atomic mass is 32.1. The Morgan fingerprint density at radius 1 is 1.30 bits per heavy atom. The van der Waals surface area contributed by atoms with Gasteiger partial charge in [0.05, 0.1) is 4.88 Å². The molecule has 1 aromatic rings. The van der Waals surface area contributed by atoms with Gasteiger partial charge in [-0.3, -0.25) is 9.59 Å². The number of thiophene rings is 1. The van der Waals surface area contributed by atoms with Gasteiger partial charge in [-0.2, -0.15) is 0 Å². The van der Waals surface area contributed by atoms with Crippen molar-refractivity contribution in [2.24, 2.45) is 11.8 Å². The maximum absolute atomic E-state index is 12.7. The first kappa shape index (κ1) is 16.5. The summed E-state index contributed by atoms with van der Waals surface area (Å²) >= 11 is 1.64. The molecule has 4 nitrogen and oxygen atoms in total. The zero-order valence-corrected chi connectivity index (χ0v) is 14.9. The number of hydrogen-bond donors (Lipinski definition) is 1. The van der Waals surface area contributed by atoms with Crippen molar-refractivity contribution < 1.29 is 9.59 Å². The number of likely N-dealkylation sites (tertiary alicyclic amines) is 1. The van der Waals surface area contributed by atoms with Gasteiger partial charge in [0.15, 0.2) is 0 Å². The summed E-state index contributed by atoms with van der Waals surface area (Å²) in [6.45, 7) is 6.65. The molecule has 0 spiro atoms. The Morgan fingerprint density at radius 3 is 2.74 bits per heavy atom. The predicted molar refractivity (Wildman–Crippen MR) is 92.8 cm³/mol. The molecule has 2 aliphatic rings. The Kier molecular flexibility index (Phi) is 5.05. The molecular weight excluding hydrogens is 308 g/mol. The molecule has 3 rings (SSSR count). The highest BCUT2D eigenvalue weighted by Crippen LogP contribution is 2.33. The highest BCUT2D eigenvalue weighted by molar-refractivity contribution is 7.14. The molecule has 2 heterocycles. The van der Waals surface area contributed by atoms with Gasteiger partial charge < -0.3 is 10.2 Å². The first-order valence-corrected chi connectivity index (χ1v) is 9.58. The molecule has 1 aliphatic carbocycles. The Hall–Kier alpha value is -1.36. The summed E-state index contributed by atoms with van der Waals surface area (Å²) in [6.07, 6.45) is 4.81. The van der Waals surface area contributed by atoms with Gasteiger partial charge in [-0.25, -0.2) is 0 Å². The third kappa shape index (κ3) is 3.60. The molecule has 1 saturated heterocycles. The zero-order valence-electron chi connectivity index (χ0n) is 14.1. The van der Waals surface area contributed by atoms with E-state index in [9.17, 15) is 9.59 Å². The van der Waals surface area contributed by atoms with Crippen LogP contribution in [0.1, 0.15) is 53.2 Å². The Balaban J connectivity index is 1.68. The monoisotopic (exact) mass is 334 g/mol. The van der Waals surface area contributed by atoms with E-state index in [2.05, 4.69) is 12.2 Å². The Bertz CT molecular complexity index is 588. The molecule has 1 atom stereocenters. The molecule has 23 heavy (non-hydrogen) atoms. The van der Waals surface area contributed by atoms with Gasteiger partial charge in [0.1, 0.15) is 0 Å². The van der Waals surface area contributed by atoms with Gasteiger partial charge in [0.2, 0.25) is 5.91 Å². The second-order valence-electron chi connectivity index (χ2n) is 6.87. The van der Waals surface area contributed by atoms with E-state index in [0.29, 0.717) is 6.54 Å². The van der Waals surface area contributed by atoms with Crippen LogP contribution < -0.4 is 5.32 Å². The standard InChI is InChI=1S/C18H26N2O2S/c1-3-19-17(21)13-4-5-15-14(10-13)11-16(23-15)18(22)20-8-6-12(2)7-9-20/h11-13H,3-10H2,1-2H3,(H,19,21)/t13-/m0/s1. The lowest BCUT2D eigenvalue weighted by molar-refractivity contribution is -0.125. The van der Waals surface area contributed by atoms with Crippen LogP contribution in [-0.4, -0.2) is 36.3 Å². The van der Waals surface area contributed by atoms with Crippen molar-refractivity contribution in [2.45, 2.75) is 46.0 Å². The minimum Gasteiger partial charge on any atom is -0.356 e. The summed E-state index contributed by atoms with van der Waals surface area (Å²) < 4.78 is 0. The minimum atomic E-state index is 0.0656. The normalized spacial score (nSPS) is 21.8. The van der Waals surface area contributed by atoms with Crippen LogP contribution in [0.5, 0.6) is 0 Å². The molecule has 126 valence electrons. The largest absolute Gasteiger partial charge is 0.356 e. The minimum absolute atomic E-state index is 0.0656. The lowest BCUT2D eigenvalue weighted by atomic mass is 9.87. The van der Waals surface area contributed by atoms with E-state index in [1.54, 1.807) is 11.3 Å². The summed E-state index contributed by atoms with van der Waals surface area (Å²) in [5, 5.41) is 2.92. The molecular formula is C18H26N2O2S. The summed E-state index contributed by atoms with van der Waals surface area (Å²) in [6, 6.07) is 2.05. The van der Waals surface area contributed by atoms with E-state index in [1.807, 2.05) is 17.9 Å². The SMILES string of the molecule is CCNC(=O)[C@H]1CCc2sc(C(=O)N3CCC(C)CC3)cc2C1. The molecule has 0 bridgehead atoms. The third-order valence-electron chi connectivity index (χ3n) is 5.09. The second kappa shape index (κ2) is 7.04. The average molecular weight is 334 g/mol. The molecule has 0 unspecified atom stereocenters. The quantitative estimate of drug-likeness (QED) is 0.924. The van der Waals surface area contributed by atoms with E-state index >= 15 is 0 Å². The smallest absolute Gasteiger partial charge is 0.263 e. The molecule has 1 fully saturated rings. The Morgan fingerprint density at radius 2 is 2.04 bits per heavy atom. The van der Waals surface area contributed by atoms with Gasteiger partial charge in [-0.05, 0) is 56.6 Å². The summed E-state index contributed by atoms with van der Waals surface area (Å²) in [5.41, 5.74) is 1.21. The summed E-state index contributed by atoms with van der Waals surface area (Å²) in [7, 11) is 0. The summed E-state index contributed by atoms with van der Waals surface area (Å²) in [5.74, 6) is 1.14. The number of nitrogens with zero attached hydrogens (tertiary/aromatic N) is 1. The predicted octanol–water partition coefficient (Wildman–Crippen LogP) is 2.86. The molecule has 1 N–H and O–H groups in total.